The van der Waals surface area contributed by atoms with Crippen LogP contribution in [0.4, 0.5) is 0 Å². The highest BCUT2D eigenvalue weighted by Gasteiger charge is 2.22. The van der Waals surface area contributed by atoms with Gasteiger partial charge < -0.3 is 15.2 Å². The summed E-state index contributed by atoms with van der Waals surface area (Å²) in [6.45, 7) is 2.24. The Morgan fingerprint density at radius 1 is 1.00 bits per heavy atom. The van der Waals surface area contributed by atoms with E-state index in [-0.39, 0.29) is 18.3 Å². The molecule has 0 aliphatic heterocycles. The second kappa shape index (κ2) is 11.0. The molecule has 0 radical (unpaired) electrons. The van der Waals surface area contributed by atoms with Gasteiger partial charge in [0.25, 0.3) is 0 Å². The number of carbonyl (C=O) groups excluding carboxylic acids is 2. The summed E-state index contributed by atoms with van der Waals surface area (Å²) in [6.07, 6.45) is 3.52. The van der Waals surface area contributed by atoms with E-state index in [2.05, 4.69) is 12.2 Å². The fraction of sp³-hybridized carbons (Fsp3) is 0.364. The molecular weight excluding hydrogens is 342 g/mol. The average molecular weight is 369 g/mol. The van der Waals surface area contributed by atoms with Crippen molar-refractivity contribution in [2.45, 2.75) is 51.7 Å². The summed E-state index contributed by atoms with van der Waals surface area (Å²) in [6, 6.07) is 15.3. The maximum Gasteiger partial charge on any atom is 0.329 e. The topological polar surface area (TPSA) is 75.6 Å². The van der Waals surface area contributed by atoms with Crippen LogP contribution in [0.25, 0.3) is 0 Å². The SMILES string of the molecule is CCCCCC(=O)NC(Cc1ccc(O)cc1)C(=O)OCc1ccccc1. The molecule has 2 N–H and O–H groups in total. The summed E-state index contributed by atoms with van der Waals surface area (Å²) in [5, 5.41) is 12.2. The molecular formula is C22H27NO4. The molecule has 0 aliphatic rings. The molecule has 2 aromatic rings. The number of esters is 1. The van der Waals surface area contributed by atoms with E-state index >= 15 is 0 Å². The predicted octanol–water partition coefficient (Wildman–Crippen LogP) is 3.74. The lowest BCUT2D eigenvalue weighted by Crippen LogP contribution is -2.43. The quantitative estimate of drug-likeness (QED) is 0.494. The first kappa shape index (κ1) is 20.5. The van der Waals surface area contributed by atoms with Crippen LogP contribution in [-0.2, 0) is 27.4 Å². The molecule has 2 rings (SSSR count). The highest BCUT2D eigenvalue weighted by Crippen LogP contribution is 2.13. The molecule has 2 aromatic carbocycles. The van der Waals surface area contributed by atoms with Crippen molar-refractivity contribution in [1.82, 2.24) is 5.32 Å². The van der Waals surface area contributed by atoms with E-state index in [0.717, 1.165) is 30.4 Å². The van der Waals surface area contributed by atoms with E-state index in [1.807, 2.05) is 30.3 Å². The van der Waals surface area contributed by atoms with E-state index in [0.29, 0.717) is 12.8 Å². The number of amides is 1. The van der Waals surface area contributed by atoms with Crippen LogP contribution < -0.4 is 5.32 Å². The second-order valence-electron chi connectivity index (χ2n) is 6.54. The zero-order valence-electron chi connectivity index (χ0n) is 15.7. The number of rotatable bonds is 10. The van der Waals surface area contributed by atoms with Gasteiger partial charge in [0, 0.05) is 12.8 Å². The number of ether oxygens (including phenoxy) is 1. The van der Waals surface area contributed by atoms with E-state index < -0.39 is 12.0 Å². The zero-order valence-corrected chi connectivity index (χ0v) is 15.7. The molecule has 5 nitrogen and oxygen atoms in total. The first-order chi connectivity index (χ1) is 13.1. The first-order valence-corrected chi connectivity index (χ1v) is 9.36. The number of aromatic hydroxyl groups is 1. The Morgan fingerprint density at radius 3 is 2.37 bits per heavy atom. The van der Waals surface area contributed by atoms with Crippen LogP contribution >= 0.6 is 0 Å². The Kier molecular flexibility index (Phi) is 8.36. The standard InChI is InChI=1S/C22H27NO4/c1-2-3-5-10-21(25)23-20(15-17-11-13-19(24)14-12-17)22(26)27-16-18-8-6-4-7-9-18/h4,6-9,11-14,20,24H,2-3,5,10,15-16H2,1H3,(H,23,25). The van der Waals surface area contributed by atoms with Gasteiger partial charge in [0.05, 0.1) is 0 Å². The summed E-state index contributed by atoms with van der Waals surface area (Å²) in [4.78, 5) is 24.8. The molecule has 0 bridgehead atoms. The summed E-state index contributed by atoms with van der Waals surface area (Å²) in [7, 11) is 0. The minimum Gasteiger partial charge on any atom is -0.508 e. The fourth-order valence-corrected chi connectivity index (χ4v) is 2.69. The number of carbonyl (C=O) groups is 2. The number of nitrogens with one attached hydrogen (secondary N) is 1. The van der Waals surface area contributed by atoms with Gasteiger partial charge in [-0.05, 0) is 29.7 Å². The summed E-state index contributed by atoms with van der Waals surface area (Å²) in [5.74, 6) is -0.454. The van der Waals surface area contributed by atoms with Gasteiger partial charge >= 0.3 is 5.97 Å². The van der Waals surface area contributed by atoms with E-state index in [1.165, 1.54) is 0 Å². The van der Waals surface area contributed by atoms with E-state index in [9.17, 15) is 14.7 Å². The molecule has 0 aliphatic carbocycles. The third kappa shape index (κ3) is 7.52. The summed E-state index contributed by atoms with van der Waals surface area (Å²) in [5.41, 5.74) is 1.73. The number of benzene rings is 2. The summed E-state index contributed by atoms with van der Waals surface area (Å²) >= 11 is 0. The lowest BCUT2D eigenvalue weighted by Gasteiger charge is -2.18. The van der Waals surface area contributed by atoms with Gasteiger partial charge in [-0.1, -0.05) is 62.2 Å². The molecule has 1 amide bonds. The lowest BCUT2D eigenvalue weighted by molar-refractivity contribution is -0.149. The molecule has 0 heterocycles. The zero-order chi connectivity index (χ0) is 19.5. The van der Waals surface area contributed by atoms with Crippen molar-refractivity contribution in [2.75, 3.05) is 0 Å². The molecule has 0 aromatic heterocycles. The number of unbranched alkanes of at least 4 members (excludes halogenated alkanes) is 2. The largest absolute Gasteiger partial charge is 0.508 e. The smallest absolute Gasteiger partial charge is 0.329 e. The van der Waals surface area contributed by atoms with Crippen LogP contribution in [0.1, 0.15) is 43.7 Å². The van der Waals surface area contributed by atoms with Gasteiger partial charge in [-0.25, -0.2) is 4.79 Å². The fourth-order valence-electron chi connectivity index (χ4n) is 2.69. The third-order valence-electron chi connectivity index (χ3n) is 4.23. The lowest BCUT2D eigenvalue weighted by atomic mass is 10.1. The van der Waals surface area contributed by atoms with Crippen LogP contribution in [0.15, 0.2) is 54.6 Å². The van der Waals surface area contributed by atoms with Crippen molar-refractivity contribution < 1.29 is 19.4 Å². The van der Waals surface area contributed by atoms with Crippen molar-refractivity contribution in [2.24, 2.45) is 0 Å². The van der Waals surface area contributed by atoms with Gasteiger partial charge in [0.2, 0.25) is 5.91 Å². The van der Waals surface area contributed by atoms with Crippen LogP contribution in [-0.4, -0.2) is 23.0 Å². The minimum absolute atomic E-state index is 0.149. The molecule has 0 spiro atoms. The maximum atomic E-state index is 12.6. The number of phenolic OH excluding ortho intramolecular Hbond substituents is 1. The number of hydrogen-bond acceptors (Lipinski definition) is 4. The predicted molar refractivity (Wildman–Crippen MR) is 104 cm³/mol. The third-order valence-corrected chi connectivity index (χ3v) is 4.23. The van der Waals surface area contributed by atoms with Crippen molar-refractivity contribution in [3.8, 4) is 5.75 Å². The molecule has 27 heavy (non-hydrogen) atoms. The Balaban J connectivity index is 1.99. The van der Waals surface area contributed by atoms with Crippen LogP contribution in [0.5, 0.6) is 5.75 Å². The van der Waals surface area contributed by atoms with Crippen molar-refractivity contribution >= 4 is 11.9 Å². The molecule has 5 heteroatoms. The highest BCUT2D eigenvalue weighted by molar-refractivity contribution is 5.84. The van der Waals surface area contributed by atoms with Crippen LogP contribution in [0, 0.1) is 0 Å². The van der Waals surface area contributed by atoms with Crippen molar-refractivity contribution in [3.05, 3.63) is 65.7 Å². The monoisotopic (exact) mass is 369 g/mol. The molecule has 0 saturated heterocycles. The Labute approximate surface area is 160 Å². The van der Waals surface area contributed by atoms with Gasteiger partial charge in [-0.15, -0.1) is 0 Å². The first-order valence-electron chi connectivity index (χ1n) is 9.36. The number of phenols is 1. The molecule has 1 unspecified atom stereocenters. The Hall–Kier alpha value is -2.82. The normalized spacial score (nSPS) is 11.6. The molecule has 1 atom stereocenters. The average Bonchev–Trinajstić information content (AvgIpc) is 2.68. The highest BCUT2D eigenvalue weighted by atomic mass is 16.5. The second-order valence-corrected chi connectivity index (χ2v) is 6.54. The van der Waals surface area contributed by atoms with Crippen molar-refractivity contribution in [3.63, 3.8) is 0 Å². The van der Waals surface area contributed by atoms with Crippen LogP contribution in [0.2, 0.25) is 0 Å². The molecule has 144 valence electrons. The summed E-state index contributed by atoms with van der Waals surface area (Å²) < 4.78 is 5.41. The molecule has 0 saturated carbocycles. The van der Waals surface area contributed by atoms with Crippen molar-refractivity contribution in [1.29, 1.82) is 0 Å². The van der Waals surface area contributed by atoms with Gasteiger partial charge in [-0.3, -0.25) is 4.79 Å². The molecule has 0 fully saturated rings. The Morgan fingerprint density at radius 2 is 1.70 bits per heavy atom. The Bertz CT molecular complexity index is 713. The van der Waals surface area contributed by atoms with Gasteiger partial charge in [-0.2, -0.15) is 0 Å². The minimum atomic E-state index is -0.757. The van der Waals surface area contributed by atoms with E-state index in [1.54, 1.807) is 24.3 Å². The van der Waals surface area contributed by atoms with Gasteiger partial charge in [0.15, 0.2) is 0 Å². The number of hydrogen-bond donors (Lipinski definition) is 2. The maximum absolute atomic E-state index is 12.6. The van der Waals surface area contributed by atoms with Crippen LogP contribution in [0.3, 0.4) is 0 Å². The van der Waals surface area contributed by atoms with E-state index in [4.69, 9.17) is 4.74 Å². The van der Waals surface area contributed by atoms with Gasteiger partial charge in [0.1, 0.15) is 18.4 Å².